The van der Waals surface area contributed by atoms with Crippen molar-refractivity contribution >= 4 is 23.2 Å². The largest absolute Gasteiger partial charge is 0.482 e. The molecule has 5 nitrogen and oxygen atoms in total. The number of amides is 2. The van der Waals surface area contributed by atoms with Crippen molar-refractivity contribution in [2.75, 3.05) is 23.0 Å². The first-order valence-electron chi connectivity index (χ1n) is 10.0. The van der Waals surface area contributed by atoms with Gasteiger partial charge >= 0.3 is 0 Å². The summed E-state index contributed by atoms with van der Waals surface area (Å²) in [6.07, 6.45) is 0.223. The first kappa shape index (κ1) is 19.7. The Bertz CT molecular complexity index is 1030. The minimum atomic E-state index is -0.129. The number of benzene rings is 3. The van der Waals surface area contributed by atoms with Crippen LogP contribution >= 0.6 is 0 Å². The molecular formula is C25H24N2O3. The Hall–Kier alpha value is -3.60. The molecule has 0 saturated heterocycles. The van der Waals surface area contributed by atoms with E-state index in [0.29, 0.717) is 18.8 Å². The second-order valence-corrected chi connectivity index (χ2v) is 7.36. The predicted molar refractivity (Wildman–Crippen MR) is 118 cm³/mol. The highest BCUT2D eigenvalue weighted by atomic mass is 16.5. The van der Waals surface area contributed by atoms with Crippen molar-refractivity contribution in [3.05, 3.63) is 90.0 Å². The van der Waals surface area contributed by atoms with Gasteiger partial charge in [0.2, 0.25) is 5.91 Å². The second-order valence-electron chi connectivity index (χ2n) is 7.36. The molecule has 0 unspecified atom stereocenters. The van der Waals surface area contributed by atoms with Gasteiger partial charge in [-0.05, 0) is 42.3 Å². The minimum Gasteiger partial charge on any atom is -0.482 e. The number of hydrogen-bond donors (Lipinski definition) is 0. The molecular weight excluding hydrogens is 376 g/mol. The lowest BCUT2D eigenvalue weighted by Gasteiger charge is -2.30. The predicted octanol–water partition coefficient (Wildman–Crippen LogP) is 4.34. The molecule has 0 N–H and O–H groups in total. The van der Waals surface area contributed by atoms with E-state index in [2.05, 4.69) is 0 Å². The molecule has 1 heterocycles. The molecule has 0 radical (unpaired) electrons. The van der Waals surface area contributed by atoms with Gasteiger partial charge < -0.3 is 14.5 Å². The molecule has 2 amide bonds. The molecule has 3 aromatic carbocycles. The molecule has 1 aliphatic rings. The molecule has 3 aromatic rings. The number of ether oxygens (including phenoxy) is 1. The Balaban J connectivity index is 1.53. The van der Waals surface area contributed by atoms with E-state index in [1.54, 1.807) is 9.80 Å². The van der Waals surface area contributed by atoms with Gasteiger partial charge in [0.15, 0.2) is 6.61 Å². The summed E-state index contributed by atoms with van der Waals surface area (Å²) < 4.78 is 5.54. The van der Waals surface area contributed by atoms with Gasteiger partial charge in [-0.1, -0.05) is 54.6 Å². The lowest BCUT2D eigenvalue weighted by molar-refractivity contribution is -0.121. The molecule has 152 valence electrons. The van der Waals surface area contributed by atoms with Gasteiger partial charge in [-0.15, -0.1) is 0 Å². The maximum atomic E-state index is 13.2. The summed E-state index contributed by atoms with van der Waals surface area (Å²) in [7, 11) is 0. The van der Waals surface area contributed by atoms with Crippen LogP contribution in [0.25, 0.3) is 0 Å². The van der Waals surface area contributed by atoms with Crippen LogP contribution in [-0.2, 0) is 16.1 Å². The van der Waals surface area contributed by atoms with Gasteiger partial charge in [0.1, 0.15) is 5.75 Å². The van der Waals surface area contributed by atoms with Crippen molar-refractivity contribution in [2.24, 2.45) is 0 Å². The van der Waals surface area contributed by atoms with E-state index in [1.165, 1.54) is 0 Å². The zero-order valence-corrected chi connectivity index (χ0v) is 17.0. The van der Waals surface area contributed by atoms with E-state index in [1.807, 2.05) is 85.8 Å². The second kappa shape index (κ2) is 8.82. The Morgan fingerprint density at radius 1 is 1.00 bits per heavy atom. The van der Waals surface area contributed by atoms with Crippen molar-refractivity contribution in [3.63, 3.8) is 0 Å². The Kier molecular flexibility index (Phi) is 5.80. The summed E-state index contributed by atoms with van der Waals surface area (Å²) >= 11 is 0. The van der Waals surface area contributed by atoms with E-state index in [9.17, 15) is 9.59 Å². The summed E-state index contributed by atoms with van der Waals surface area (Å²) in [6.45, 7) is 2.77. The lowest BCUT2D eigenvalue weighted by atomic mass is 10.1. The molecule has 5 heteroatoms. The first-order valence-corrected chi connectivity index (χ1v) is 10.0. The molecule has 30 heavy (non-hydrogen) atoms. The highest BCUT2D eigenvalue weighted by Crippen LogP contribution is 2.33. The third kappa shape index (κ3) is 4.35. The SMILES string of the molecule is Cc1ccc2c(c1)N(CCC(=O)N(Cc1ccccc1)c1ccccc1)C(=O)CO2. The number of nitrogens with zero attached hydrogens (tertiary/aromatic N) is 2. The summed E-state index contributed by atoms with van der Waals surface area (Å²) in [5.41, 5.74) is 3.67. The maximum absolute atomic E-state index is 13.2. The van der Waals surface area contributed by atoms with Gasteiger partial charge in [-0.2, -0.15) is 0 Å². The standard InChI is InChI=1S/C25H24N2O3/c1-19-12-13-23-22(16-19)26(25(29)18-30-23)15-14-24(28)27(21-10-6-3-7-11-21)17-20-8-4-2-5-9-20/h2-13,16H,14-15,17-18H2,1H3. The smallest absolute Gasteiger partial charge is 0.265 e. The Morgan fingerprint density at radius 3 is 2.43 bits per heavy atom. The number of carbonyl (C=O) groups excluding carboxylic acids is 2. The fourth-order valence-electron chi connectivity index (χ4n) is 3.60. The summed E-state index contributed by atoms with van der Waals surface area (Å²) in [5.74, 6) is 0.519. The Morgan fingerprint density at radius 2 is 1.70 bits per heavy atom. The van der Waals surface area contributed by atoms with Crippen molar-refractivity contribution in [2.45, 2.75) is 19.9 Å². The lowest BCUT2D eigenvalue weighted by Crippen LogP contribution is -2.41. The van der Waals surface area contributed by atoms with Crippen molar-refractivity contribution in [3.8, 4) is 5.75 Å². The van der Waals surface area contributed by atoms with Crippen molar-refractivity contribution < 1.29 is 14.3 Å². The number of para-hydroxylation sites is 1. The van der Waals surface area contributed by atoms with Crippen molar-refractivity contribution in [1.82, 2.24) is 0 Å². The zero-order valence-electron chi connectivity index (χ0n) is 17.0. The van der Waals surface area contributed by atoms with E-state index in [-0.39, 0.29) is 24.8 Å². The number of hydrogen-bond acceptors (Lipinski definition) is 3. The summed E-state index contributed by atoms with van der Waals surface area (Å²) in [6, 6.07) is 25.3. The Labute approximate surface area is 176 Å². The molecule has 0 atom stereocenters. The van der Waals surface area contributed by atoms with Gasteiger partial charge in [0.05, 0.1) is 12.2 Å². The van der Waals surface area contributed by atoms with Crippen LogP contribution in [0.4, 0.5) is 11.4 Å². The van der Waals surface area contributed by atoms with E-state index in [4.69, 9.17) is 4.74 Å². The minimum absolute atomic E-state index is 0.00331. The molecule has 0 spiro atoms. The average molecular weight is 400 g/mol. The van der Waals surface area contributed by atoms with E-state index in [0.717, 1.165) is 22.5 Å². The first-order chi connectivity index (χ1) is 14.6. The zero-order chi connectivity index (χ0) is 20.9. The highest BCUT2D eigenvalue weighted by Gasteiger charge is 2.27. The van der Waals surface area contributed by atoms with E-state index >= 15 is 0 Å². The third-order valence-electron chi connectivity index (χ3n) is 5.16. The maximum Gasteiger partial charge on any atom is 0.265 e. The van der Waals surface area contributed by atoms with Gasteiger partial charge in [-0.3, -0.25) is 9.59 Å². The van der Waals surface area contributed by atoms with Gasteiger partial charge in [0, 0.05) is 18.7 Å². The van der Waals surface area contributed by atoms with Crippen LogP contribution in [0.1, 0.15) is 17.5 Å². The molecule has 0 saturated carbocycles. The number of aryl methyl sites for hydroxylation is 1. The van der Waals surface area contributed by atoms with Crippen LogP contribution in [-0.4, -0.2) is 25.0 Å². The topological polar surface area (TPSA) is 49.9 Å². The fourth-order valence-corrected chi connectivity index (χ4v) is 3.60. The molecule has 0 bridgehead atoms. The van der Waals surface area contributed by atoms with Crippen LogP contribution in [0.3, 0.4) is 0 Å². The van der Waals surface area contributed by atoms with Crippen LogP contribution < -0.4 is 14.5 Å². The molecule has 1 aliphatic heterocycles. The fraction of sp³-hybridized carbons (Fsp3) is 0.200. The van der Waals surface area contributed by atoms with Crippen molar-refractivity contribution in [1.29, 1.82) is 0 Å². The summed E-state index contributed by atoms with van der Waals surface area (Å²) in [4.78, 5) is 29.2. The van der Waals surface area contributed by atoms with Crippen LogP contribution in [0.5, 0.6) is 5.75 Å². The third-order valence-corrected chi connectivity index (χ3v) is 5.16. The summed E-state index contributed by atoms with van der Waals surface area (Å²) in [5, 5.41) is 0. The molecule has 0 aromatic heterocycles. The van der Waals surface area contributed by atoms with E-state index < -0.39 is 0 Å². The number of rotatable bonds is 6. The average Bonchev–Trinajstić information content (AvgIpc) is 2.78. The number of carbonyl (C=O) groups is 2. The normalized spacial score (nSPS) is 12.8. The van der Waals surface area contributed by atoms with Crippen LogP contribution in [0.2, 0.25) is 0 Å². The van der Waals surface area contributed by atoms with Gasteiger partial charge in [0.25, 0.3) is 5.91 Å². The monoisotopic (exact) mass is 400 g/mol. The quantitative estimate of drug-likeness (QED) is 0.618. The highest BCUT2D eigenvalue weighted by molar-refractivity contribution is 5.99. The van der Waals surface area contributed by atoms with Crippen LogP contribution in [0, 0.1) is 6.92 Å². The number of fused-ring (bicyclic) bond motifs is 1. The van der Waals surface area contributed by atoms with Crippen LogP contribution in [0.15, 0.2) is 78.9 Å². The van der Waals surface area contributed by atoms with Gasteiger partial charge in [-0.25, -0.2) is 0 Å². The number of anilines is 2. The molecule has 0 aliphatic carbocycles. The molecule has 0 fully saturated rings. The molecule has 4 rings (SSSR count).